The first-order valence-corrected chi connectivity index (χ1v) is 11.4. The second-order valence-corrected chi connectivity index (χ2v) is 10.1. The smallest absolute Gasteiger partial charge is 0.241 e. The van der Waals surface area contributed by atoms with Gasteiger partial charge < -0.3 is 15.2 Å². The van der Waals surface area contributed by atoms with E-state index in [1.165, 1.54) is 5.56 Å². The number of amides is 1. The van der Waals surface area contributed by atoms with Crippen LogP contribution in [0.5, 0.6) is 0 Å². The van der Waals surface area contributed by atoms with Gasteiger partial charge in [-0.15, -0.1) is 0 Å². The molecule has 4 atom stereocenters. The zero-order chi connectivity index (χ0) is 22.1. The van der Waals surface area contributed by atoms with E-state index in [1.807, 2.05) is 19.2 Å². The number of aliphatic hydroxyl groups excluding tert-OH is 1. The lowest BCUT2D eigenvalue weighted by Crippen LogP contribution is -2.48. The predicted octanol–water partition coefficient (Wildman–Crippen LogP) is 3.36. The van der Waals surface area contributed by atoms with Gasteiger partial charge in [-0.3, -0.25) is 9.48 Å². The van der Waals surface area contributed by atoms with Crippen molar-refractivity contribution in [1.29, 1.82) is 0 Å². The molecule has 6 heteroatoms. The highest BCUT2D eigenvalue weighted by Gasteiger charge is 2.46. The summed E-state index contributed by atoms with van der Waals surface area (Å²) in [5.41, 5.74) is 1.83. The van der Waals surface area contributed by atoms with Crippen molar-refractivity contribution in [1.82, 2.24) is 15.1 Å². The molecular formula is C25H35N3O3. The van der Waals surface area contributed by atoms with Crippen LogP contribution in [-0.2, 0) is 21.5 Å². The molecule has 0 radical (unpaired) electrons. The van der Waals surface area contributed by atoms with Crippen molar-refractivity contribution in [2.24, 2.45) is 5.92 Å². The third kappa shape index (κ3) is 5.01. The van der Waals surface area contributed by atoms with Gasteiger partial charge in [-0.25, -0.2) is 0 Å². The van der Waals surface area contributed by atoms with Crippen molar-refractivity contribution in [3.63, 3.8) is 0 Å². The van der Waals surface area contributed by atoms with Crippen molar-refractivity contribution in [2.75, 3.05) is 6.54 Å². The number of carbonyl (C=O) groups excluding carboxylic acids is 1. The fourth-order valence-corrected chi connectivity index (χ4v) is 5.47. The number of nitrogens with one attached hydrogen (secondary N) is 1. The fourth-order valence-electron chi connectivity index (χ4n) is 5.47. The Morgan fingerprint density at radius 2 is 2.00 bits per heavy atom. The minimum atomic E-state index is -0.335. The molecule has 2 aliphatic rings. The molecule has 1 saturated carbocycles. The first kappa shape index (κ1) is 22.0. The van der Waals surface area contributed by atoms with Crippen LogP contribution in [-0.4, -0.2) is 45.1 Å². The maximum Gasteiger partial charge on any atom is 0.241 e. The Balaban J connectivity index is 1.51. The Bertz CT molecular complexity index is 894. The van der Waals surface area contributed by atoms with Crippen molar-refractivity contribution >= 4 is 5.91 Å². The lowest BCUT2D eigenvalue weighted by atomic mass is 9.73. The second kappa shape index (κ2) is 8.75. The van der Waals surface area contributed by atoms with Crippen LogP contribution in [0, 0.1) is 12.8 Å². The lowest BCUT2D eigenvalue weighted by Gasteiger charge is -2.43. The quantitative estimate of drug-likeness (QED) is 0.770. The van der Waals surface area contributed by atoms with E-state index in [2.05, 4.69) is 48.5 Å². The monoisotopic (exact) mass is 425 g/mol. The molecule has 1 aliphatic carbocycles. The summed E-state index contributed by atoms with van der Waals surface area (Å²) in [7, 11) is 0. The largest absolute Gasteiger partial charge is 0.393 e. The van der Waals surface area contributed by atoms with E-state index in [9.17, 15) is 9.90 Å². The summed E-state index contributed by atoms with van der Waals surface area (Å²) in [6, 6.07) is 10.5. The van der Waals surface area contributed by atoms with Crippen LogP contribution in [0.25, 0.3) is 0 Å². The molecule has 6 nitrogen and oxygen atoms in total. The van der Waals surface area contributed by atoms with Gasteiger partial charge in [0.2, 0.25) is 5.91 Å². The summed E-state index contributed by atoms with van der Waals surface area (Å²) < 4.78 is 8.08. The molecule has 1 aliphatic heterocycles. The van der Waals surface area contributed by atoms with E-state index in [0.717, 1.165) is 31.2 Å². The van der Waals surface area contributed by atoms with Crippen molar-refractivity contribution < 1.29 is 14.6 Å². The molecular weight excluding hydrogens is 390 g/mol. The minimum Gasteiger partial charge on any atom is -0.393 e. The molecule has 1 aromatic heterocycles. The van der Waals surface area contributed by atoms with Gasteiger partial charge in [-0.05, 0) is 57.6 Å². The number of hydrogen-bond acceptors (Lipinski definition) is 4. The standard InChI is InChI=1S/C25H35N3O3/c1-18-14-27-28(15-18)16-23(30)26-17-25(19-7-5-4-6-8-19)11-9-20-21(29)13-24(2,3)31-22(20)10-12-25/h4-8,14-15,20-22,29H,9-13,16-17H2,1-3H3,(H,26,30)/t20-,21+,22+,25+/m1/s1. The molecule has 1 saturated heterocycles. The topological polar surface area (TPSA) is 76.4 Å². The Morgan fingerprint density at radius 1 is 1.26 bits per heavy atom. The van der Waals surface area contributed by atoms with Crippen LogP contribution < -0.4 is 5.32 Å². The maximum absolute atomic E-state index is 12.7. The van der Waals surface area contributed by atoms with Crippen molar-refractivity contribution in [2.45, 2.75) is 82.6 Å². The average Bonchev–Trinajstić information content (AvgIpc) is 3.03. The fraction of sp³-hybridized carbons (Fsp3) is 0.600. The Hall–Kier alpha value is -2.18. The van der Waals surface area contributed by atoms with E-state index in [1.54, 1.807) is 10.9 Å². The highest BCUT2D eigenvalue weighted by Crippen LogP contribution is 2.45. The van der Waals surface area contributed by atoms with E-state index in [4.69, 9.17) is 4.74 Å². The third-order valence-corrected chi connectivity index (χ3v) is 7.08. The van der Waals surface area contributed by atoms with E-state index in [-0.39, 0.29) is 41.6 Å². The maximum atomic E-state index is 12.7. The number of aliphatic hydroxyl groups is 1. The summed E-state index contributed by atoms with van der Waals surface area (Å²) in [5.74, 6) is 0.124. The molecule has 1 aromatic carbocycles. The van der Waals surface area contributed by atoms with Crippen molar-refractivity contribution in [3.05, 3.63) is 53.9 Å². The summed E-state index contributed by atoms with van der Waals surface area (Å²) in [4.78, 5) is 12.7. The SMILES string of the molecule is Cc1cnn(CC(=O)NC[C@]2(c3ccccc3)CC[C@H]3[C@H](CC2)OC(C)(C)C[C@@H]3O)c1. The van der Waals surface area contributed by atoms with Crippen LogP contribution >= 0.6 is 0 Å². The van der Waals surface area contributed by atoms with Gasteiger partial charge in [0.25, 0.3) is 0 Å². The molecule has 2 aromatic rings. The van der Waals surface area contributed by atoms with E-state index < -0.39 is 0 Å². The number of fused-ring (bicyclic) bond motifs is 1. The molecule has 0 spiro atoms. The molecule has 0 unspecified atom stereocenters. The van der Waals surface area contributed by atoms with E-state index >= 15 is 0 Å². The van der Waals surface area contributed by atoms with Crippen LogP contribution in [0.1, 0.15) is 57.1 Å². The van der Waals surface area contributed by atoms with Gasteiger partial charge in [0.1, 0.15) is 6.54 Å². The number of carbonyl (C=O) groups is 1. The number of hydrogen-bond donors (Lipinski definition) is 2. The Kier molecular flexibility index (Phi) is 6.22. The summed E-state index contributed by atoms with van der Waals surface area (Å²) in [6.45, 7) is 6.90. The number of ether oxygens (including phenoxy) is 1. The van der Waals surface area contributed by atoms with Gasteiger partial charge in [0.05, 0.1) is 24.0 Å². The molecule has 31 heavy (non-hydrogen) atoms. The Morgan fingerprint density at radius 3 is 2.71 bits per heavy atom. The molecule has 168 valence electrons. The summed E-state index contributed by atoms with van der Waals surface area (Å²) >= 11 is 0. The van der Waals surface area contributed by atoms with Crippen LogP contribution in [0.3, 0.4) is 0 Å². The second-order valence-electron chi connectivity index (χ2n) is 10.1. The summed E-state index contributed by atoms with van der Waals surface area (Å²) in [6.07, 6.45) is 7.65. The number of aromatic nitrogens is 2. The number of rotatable bonds is 5. The average molecular weight is 426 g/mol. The van der Waals surface area contributed by atoms with Crippen molar-refractivity contribution in [3.8, 4) is 0 Å². The number of nitrogens with zero attached hydrogens (tertiary/aromatic N) is 2. The van der Waals surface area contributed by atoms with Gasteiger partial charge in [-0.1, -0.05) is 30.3 Å². The zero-order valence-electron chi connectivity index (χ0n) is 18.9. The summed E-state index contributed by atoms with van der Waals surface area (Å²) in [5, 5.41) is 18.2. The molecule has 4 rings (SSSR count). The predicted molar refractivity (Wildman–Crippen MR) is 120 cm³/mol. The Labute approximate surface area is 185 Å². The van der Waals surface area contributed by atoms with Gasteiger partial charge in [0, 0.05) is 30.5 Å². The van der Waals surface area contributed by atoms with Gasteiger partial charge >= 0.3 is 0 Å². The zero-order valence-corrected chi connectivity index (χ0v) is 18.9. The van der Waals surface area contributed by atoms with Gasteiger partial charge in [0.15, 0.2) is 0 Å². The minimum absolute atomic E-state index is 0.0301. The van der Waals surface area contributed by atoms with Gasteiger partial charge in [-0.2, -0.15) is 5.10 Å². The molecule has 2 heterocycles. The number of aryl methyl sites for hydroxylation is 1. The first-order chi connectivity index (χ1) is 14.8. The van der Waals surface area contributed by atoms with E-state index in [0.29, 0.717) is 13.0 Å². The highest BCUT2D eigenvalue weighted by molar-refractivity contribution is 5.75. The molecule has 2 N–H and O–H groups in total. The van der Waals surface area contributed by atoms with Crippen LogP contribution in [0.4, 0.5) is 0 Å². The van der Waals surface area contributed by atoms with Crippen LogP contribution in [0.2, 0.25) is 0 Å². The first-order valence-electron chi connectivity index (χ1n) is 11.4. The highest BCUT2D eigenvalue weighted by atomic mass is 16.5. The van der Waals surface area contributed by atoms with Crippen LogP contribution in [0.15, 0.2) is 42.7 Å². The normalized spacial score (nSPS) is 30.3. The molecule has 2 fully saturated rings. The third-order valence-electron chi connectivity index (χ3n) is 7.08. The number of benzene rings is 1. The lowest BCUT2D eigenvalue weighted by molar-refractivity contribution is -0.178. The molecule has 1 amide bonds. The molecule has 0 bridgehead atoms.